The van der Waals surface area contributed by atoms with Crippen LogP contribution in [-0.2, 0) is 4.79 Å². The van der Waals surface area contributed by atoms with Gasteiger partial charge in [-0.15, -0.1) is 0 Å². The number of methoxy groups -OCH3 is 1. The van der Waals surface area contributed by atoms with Gasteiger partial charge < -0.3 is 15.4 Å². The van der Waals surface area contributed by atoms with Crippen LogP contribution in [-0.4, -0.2) is 31.4 Å². The molecule has 1 atom stereocenters. The Morgan fingerprint density at radius 3 is 2.95 bits per heavy atom. The van der Waals surface area contributed by atoms with Gasteiger partial charge in [0.15, 0.2) is 5.78 Å². The van der Waals surface area contributed by atoms with Gasteiger partial charge in [0.2, 0.25) is 0 Å². The van der Waals surface area contributed by atoms with E-state index in [-0.39, 0.29) is 17.7 Å². The third-order valence-corrected chi connectivity index (χ3v) is 2.85. The number of piperazine rings is 1. The fourth-order valence-corrected chi connectivity index (χ4v) is 1.80. The fourth-order valence-electron chi connectivity index (χ4n) is 1.80. The zero-order chi connectivity index (χ0) is 13.8. The van der Waals surface area contributed by atoms with Crippen LogP contribution in [0, 0.1) is 0 Å². The number of hydrogen-bond acceptors (Lipinski definition) is 4. The van der Waals surface area contributed by atoms with Crippen LogP contribution < -0.4 is 15.4 Å². The molecule has 0 aliphatic carbocycles. The SMILES string of the molecule is COc1cccc(C(=O)/C=C2/NCC(C)NC2=O)c1. The van der Waals surface area contributed by atoms with Gasteiger partial charge in [0.05, 0.1) is 7.11 Å². The Balaban J connectivity index is 2.18. The highest BCUT2D eigenvalue weighted by atomic mass is 16.5. The van der Waals surface area contributed by atoms with Crippen LogP contribution in [0.5, 0.6) is 5.75 Å². The van der Waals surface area contributed by atoms with Crippen molar-refractivity contribution in [2.75, 3.05) is 13.7 Å². The molecule has 0 saturated carbocycles. The molecule has 1 aliphatic heterocycles. The molecule has 0 radical (unpaired) electrons. The highest BCUT2D eigenvalue weighted by Crippen LogP contribution is 2.14. The minimum atomic E-state index is -0.255. The Morgan fingerprint density at radius 2 is 2.26 bits per heavy atom. The summed E-state index contributed by atoms with van der Waals surface area (Å²) in [4.78, 5) is 23.7. The van der Waals surface area contributed by atoms with E-state index in [0.717, 1.165) is 0 Å². The van der Waals surface area contributed by atoms with Gasteiger partial charge >= 0.3 is 0 Å². The molecule has 5 heteroatoms. The molecule has 1 amide bonds. The average Bonchev–Trinajstić information content (AvgIpc) is 2.42. The first kappa shape index (κ1) is 13.1. The van der Waals surface area contributed by atoms with Crippen molar-refractivity contribution < 1.29 is 14.3 Å². The molecule has 100 valence electrons. The summed E-state index contributed by atoms with van der Waals surface area (Å²) < 4.78 is 5.06. The van der Waals surface area contributed by atoms with E-state index in [4.69, 9.17) is 4.74 Å². The molecule has 0 spiro atoms. The molecular formula is C14H16N2O3. The topological polar surface area (TPSA) is 67.4 Å². The minimum Gasteiger partial charge on any atom is -0.497 e. The van der Waals surface area contributed by atoms with Crippen LogP contribution in [0.25, 0.3) is 0 Å². The van der Waals surface area contributed by atoms with Gasteiger partial charge in [0, 0.05) is 24.2 Å². The fraction of sp³-hybridized carbons (Fsp3) is 0.286. The summed E-state index contributed by atoms with van der Waals surface area (Å²) in [5, 5.41) is 5.71. The summed E-state index contributed by atoms with van der Waals surface area (Å²) in [7, 11) is 1.54. The summed E-state index contributed by atoms with van der Waals surface area (Å²) in [6.07, 6.45) is 1.32. The Bertz CT molecular complexity index is 537. The summed E-state index contributed by atoms with van der Waals surface area (Å²) in [5.74, 6) is 0.125. The molecule has 1 saturated heterocycles. The van der Waals surface area contributed by atoms with Crippen molar-refractivity contribution in [3.8, 4) is 5.75 Å². The van der Waals surface area contributed by atoms with Crippen molar-refractivity contribution in [3.63, 3.8) is 0 Å². The number of ether oxygens (including phenoxy) is 1. The first-order chi connectivity index (χ1) is 9.10. The number of carbonyl (C=O) groups is 2. The maximum Gasteiger partial charge on any atom is 0.267 e. The van der Waals surface area contributed by atoms with Gasteiger partial charge in [-0.2, -0.15) is 0 Å². The standard InChI is InChI=1S/C14H16N2O3/c1-9-8-15-12(14(18)16-9)7-13(17)10-4-3-5-11(6-10)19-2/h3-7,9,15H,8H2,1-2H3,(H,16,18)/b12-7+. The molecule has 1 heterocycles. The first-order valence-corrected chi connectivity index (χ1v) is 6.05. The molecule has 1 aliphatic rings. The number of allylic oxidation sites excluding steroid dienone is 1. The van der Waals surface area contributed by atoms with Crippen LogP contribution in [0.1, 0.15) is 17.3 Å². The molecule has 1 fully saturated rings. The summed E-state index contributed by atoms with van der Waals surface area (Å²) in [6.45, 7) is 2.51. The van der Waals surface area contributed by atoms with E-state index in [1.54, 1.807) is 31.4 Å². The molecule has 2 N–H and O–H groups in total. The summed E-state index contributed by atoms with van der Waals surface area (Å²) >= 11 is 0. The van der Waals surface area contributed by atoms with Crippen LogP contribution in [0.3, 0.4) is 0 Å². The Morgan fingerprint density at radius 1 is 1.47 bits per heavy atom. The maximum atomic E-state index is 12.1. The number of nitrogens with one attached hydrogen (secondary N) is 2. The van der Waals surface area contributed by atoms with Gasteiger partial charge in [-0.1, -0.05) is 12.1 Å². The predicted molar refractivity (Wildman–Crippen MR) is 71.0 cm³/mol. The van der Waals surface area contributed by atoms with Crippen LogP contribution in [0.4, 0.5) is 0 Å². The van der Waals surface area contributed by atoms with Crippen molar-refractivity contribution in [2.45, 2.75) is 13.0 Å². The lowest BCUT2D eigenvalue weighted by Crippen LogP contribution is -2.49. The summed E-state index contributed by atoms with van der Waals surface area (Å²) in [5.41, 5.74) is 0.783. The Hall–Kier alpha value is -2.30. The predicted octanol–water partition coefficient (Wildman–Crippen LogP) is 0.870. The molecule has 5 nitrogen and oxygen atoms in total. The molecule has 1 aromatic rings. The van der Waals surface area contributed by atoms with Crippen molar-refractivity contribution >= 4 is 11.7 Å². The van der Waals surface area contributed by atoms with Crippen LogP contribution in [0.15, 0.2) is 36.0 Å². The van der Waals surface area contributed by atoms with E-state index in [9.17, 15) is 9.59 Å². The highest BCUT2D eigenvalue weighted by molar-refractivity contribution is 6.09. The lowest BCUT2D eigenvalue weighted by molar-refractivity contribution is -0.119. The second-order valence-electron chi connectivity index (χ2n) is 4.41. The van der Waals surface area contributed by atoms with E-state index in [2.05, 4.69) is 10.6 Å². The van der Waals surface area contributed by atoms with Crippen molar-refractivity contribution in [2.24, 2.45) is 0 Å². The Kier molecular flexibility index (Phi) is 3.85. The second kappa shape index (κ2) is 5.56. The number of rotatable bonds is 3. The van der Waals surface area contributed by atoms with Crippen molar-refractivity contribution in [3.05, 3.63) is 41.6 Å². The number of hydrogen-bond donors (Lipinski definition) is 2. The molecular weight excluding hydrogens is 244 g/mol. The van der Waals surface area contributed by atoms with Crippen molar-refractivity contribution in [1.29, 1.82) is 0 Å². The van der Waals surface area contributed by atoms with E-state index >= 15 is 0 Å². The molecule has 1 unspecified atom stereocenters. The average molecular weight is 260 g/mol. The normalized spacial score (nSPS) is 20.6. The number of ketones is 1. The zero-order valence-corrected chi connectivity index (χ0v) is 10.9. The van der Waals surface area contributed by atoms with Crippen LogP contribution >= 0.6 is 0 Å². The van der Waals surface area contributed by atoms with Gasteiger partial charge in [0.1, 0.15) is 11.4 Å². The third-order valence-electron chi connectivity index (χ3n) is 2.85. The van der Waals surface area contributed by atoms with E-state index in [1.165, 1.54) is 6.08 Å². The van der Waals surface area contributed by atoms with Gasteiger partial charge in [-0.05, 0) is 19.1 Å². The number of carbonyl (C=O) groups excluding carboxylic acids is 2. The maximum absolute atomic E-state index is 12.1. The molecule has 19 heavy (non-hydrogen) atoms. The lowest BCUT2D eigenvalue weighted by Gasteiger charge is -2.23. The highest BCUT2D eigenvalue weighted by Gasteiger charge is 2.20. The molecule has 0 bridgehead atoms. The van der Waals surface area contributed by atoms with Gasteiger partial charge in [-0.25, -0.2) is 0 Å². The van der Waals surface area contributed by atoms with Crippen molar-refractivity contribution in [1.82, 2.24) is 10.6 Å². The molecule has 2 rings (SSSR count). The van der Waals surface area contributed by atoms with E-state index < -0.39 is 0 Å². The smallest absolute Gasteiger partial charge is 0.267 e. The van der Waals surface area contributed by atoms with E-state index in [0.29, 0.717) is 23.6 Å². The van der Waals surface area contributed by atoms with Gasteiger partial charge in [-0.3, -0.25) is 9.59 Å². The zero-order valence-electron chi connectivity index (χ0n) is 10.9. The summed E-state index contributed by atoms with van der Waals surface area (Å²) in [6, 6.07) is 6.89. The second-order valence-corrected chi connectivity index (χ2v) is 4.41. The monoisotopic (exact) mass is 260 g/mol. The first-order valence-electron chi connectivity index (χ1n) is 6.05. The lowest BCUT2D eigenvalue weighted by atomic mass is 10.1. The Labute approximate surface area is 111 Å². The quantitative estimate of drug-likeness (QED) is 0.625. The third kappa shape index (κ3) is 3.13. The van der Waals surface area contributed by atoms with E-state index in [1.807, 2.05) is 6.92 Å². The van der Waals surface area contributed by atoms with Crippen LogP contribution in [0.2, 0.25) is 0 Å². The largest absolute Gasteiger partial charge is 0.497 e. The number of benzene rings is 1. The minimum absolute atomic E-state index is 0.0663. The molecule has 0 aromatic heterocycles. The number of amides is 1. The van der Waals surface area contributed by atoms with Gasteiger partial charge in [0.25, 0.3) is 5.91 Å². The molecule has 1 aromatic carbocycles.